The summed E-state index contributed by atoms with van der Waals surface area (Å²) in [6.45, 7) is 3.64. The molecule has 2 aromatic rings. The van der Waals surface area contributed by atoms with Gasteiger partial charge in [0.05, 0.1) is 17.7 Å². The van der Waals surface area contributed by atoms with Gasteiger partial charge in [-0.15, -0.1) is 0 Å². The monoisotopic (exact) mass is 289 g/mol. The van der Waals surface area contributed by atoms with Gasteiger partial charge >= 0.3 is 5.97 Å². The Labute approximate surface area is 123 Å². The predicted molar refractivity (Wildman–Crippen MR) is 79.9 cm³/mol. The first-order valence-electron chi connectivity index (χ1n) is 7.06. The second-order valence-corrected chi connectivity index (χ2v) is 4.64. The molecule has 0 radical (unpaired) electrons. The van der Waals surface area contributed by atoms with E-state index in [2.05, 4.69) is 11.9 Å². The lowest BCUT2D eigenvalue weighted by Crippen LogP contribution is -2.09. The zero-order valence-corrected chi connectivity index (χ0v) is 12.0. The van der Waals surface area contributed by atoms with Crippen LogP contribution in [0.15, 0.2) is 30.3 Å². The van der Waals surface area contributed by atoms with Crippen LogP contribution in [0.5, 0.6) is 5.88 Å². The van der Waals surface area contributed by atoms with Crippen LogP contribution in [0.2, 0.25) is 0 Å². The summed E-state index contributed by atoms with van der Waals surface area (Å²) in [7, 11) is 0. The van der Waals surface area contributed by atoms with E-state index < -0.39 is 5.97 Å². The number of ether oxygens (including phenoxy) is 2. The lowest BCUT2D eigenvalue weighted by molar-refractivity contribution is 0.0698. The van der Waals surface area contributed by atoms with Crippen molar-refractivity contribution in [1.82, 2.24) is 4.98 Å². The number of para-hydroxylation sites is 1. The largest absolute Gasteiger partial charge is 0.478 e. The van der Waals surface area contributed by atoms with Gasteiger partial charge < -0.3 is 14.6 Å². The Morgan fingerprint density at radius 3 is 2.81 bits per heavy atom. The number of rotatable bonds is 8. The molecule has 0 fully saturated rings. The second kappa shape index (κ2) is 7.59. The summed E-state index contributed by atoms with van der Waals surface area (Å²) < 4.78 is 10.9. The summed E-state index contributed by atoms with van der Waals surface area (Å²) in [6.07, 6.45) is 2.12. The molecule has 0 unspecified atom stereocenters. The Kier molecular flexibility index (Phi) is 5.51. The number of aromatic nitrogens is 1. The molecule has 0 aliphatic heterocycles. The molecule has 112 valence electrons. The van der Waals surface area contributed by atoms with Gasteiger partial charge in [-0.1, -0.05) is 31.5 Å². The molecule has 5 heteroatoms. The van der Waals surface area contributed by atoms with Gasteiger partial charge in [0.2, 0.25) is 5.88 Å². The summed E-state index contributed by atoms with van der Waals surface area (Å²) in [4.78, 5) is 15.6. The highest BCUT2D eigenvalue weighted by molar-refractivity contribution is 6.02. The van der Waals surface area contributed by atoms with Gasteiger partial charge in [0.25, 0.3) is 0 Å². The topological polar surface area (TPSA) is 68.7 Å². The third kappa shape index (κ3) is 4.16. The first-order valence-corrected chi connectivity index (χ1v) is 7.06. The predicted octanol–water partition coefficient (Wildman–Crippen LogP) is 3.13. The number of carbonyl (C=O) groups is 1. The Hall–Kier alpha value is -2.14. The number of fused-ring (bicyclic) bond motifs is 1. The molecule has 1 aromatic heterocycles. The molecule has 0 bridgehead atoms. The number of nitrogens with zero attached hydrogens (tertiary/aromatic N) is 1. The Morgan fingerprint density at radius 1 is 1.24 bits per heavy atom. The SMILES string of the molecule is CCCCOCCOc1cc(C(=O)O)c2ccccc2n1. The van der Waals surface area contributed by atoms with E-state index in [1.807, 2.05) is 6.07 Å². The average molecular weight is 289 g/mol. The normalized spacial score (nSPS) is 10.7. The minimum atomic E-state index is -0.988. The minimum Gasteiger partial charge on any atom is -0.478 e. The van der Waals surface area contributed by atoms with Crippen molar-refractivity contribution in [3.8, 4) is 5.88 Å². The zero-order valence-electron chi connectivity index (χ0n) is 12.0. The van der Waals surface area contributed by atoms with Crippen molar-refractivity contribution in [2.75, 3.05) is 19.8 Å². The highest BCUT2D eigenvalue weighted by atomic mass is 16.5. The van der Waals surface area contributed by atoms with Crippen LogP contribution in [0.25, 0.3) is 10.9 Å². The lowest BCUT2D eigenvalue weighted by Gasteiger charge is -2.09. The molecule has 1 N–H and O–H groups in total. The summed E-state index contributed by atoms with van der Waals surface area (Å²) in [5, 5.41) is 9.88. The number of benzene rings is 1. The molecule has 5 nitrogen and oxygen atoms in total. The van der Waals surface area contributed by atoms with Crippen molar-refractivity contribution in [2.45, 2.75) is 19.8 Å². The molecule has 0 saturated carbocycles. The highest BCUT2D eigenvalue weighted by Crippen LogP contribution is 2.21. The van der Waals surface area contributed by atoms with Crippen LogP contribution >= 0.6 is 0 Å². The quantitative estimate of drug-likeness (QED) is 0.756. The number of carboxylic acids is 1. The number of hydrogen-bond donors (Lipinski definition) is 1. The van der Waals surface area contributed by atoms with Gasteiger partial charge in [0.15, 0.2) is 0 Å². The van der Waals surface area contributed by atoms with E-state index in [0.717, 1.165) is 12.8 Å². The Morgan fingerprint density at radius 2 is 2.05 bits per heavy atom. The van der Waals surface area contributed by atoms with Crippen LogP contribution in [-0.2, 0) is 4.74 Å². The van der Waals surface area contributed by atoms with E-state index in [-0.39, 0.29) is 5.56 Å². The lowest BCUT2D eigenvalue weighted by atomic mass is 10.1. The van der Waals surface area contributed by atoms with E-state index in [1.165, 1.54) is 6.07 Å². The maximum Gasteiger partial charge on any atom is 0.336 e. The van der Waals surface area contributed by atoms with Crippen LogP contribution < -0.4 is 4.74 Å². The summed E-state index contributed by atoms with van der Waals surface area (Å²) in [6, 6.07) is 8.57. The number of hydrogen-bond acceptors (Lipinski definition) is 4. The molecule has 1 aromatic carbocycles. The van der Waals surface area contributed by atoms with Crippen molar-refractivity contribution >= 4 is 16.9 Å². The van der Waals surface area contributed by atoms with Gasteiger partial charge in [-0.25, -0.2) is 9.78 Å². The maximum absolute atomic E-state index is 11.3. The molecule has 0 aliphatic carbocycles. The fourth-order valence-corrected chi connectivity index (χ4v) is 1.96. The van der Waals surface area contributed by atoms with E-state index in [4.69, 9.17) is 9.47 Å². The van der Waals surface area contributed by atoms with E-state index in [0.29, 0.717) is 36.6 Å². The first kappa shape index (κ1) is 15.3. The van der Waals surface area contributed by atoms with Crippen LogP contribution in [0.1, 0.15) is 30.1 Å². The fourth-order valence-electron chi connectivity index (χ4n) is 1.96. The minimum absolute atomic E-state index is 0.197. The zero-order chi connectivity index (χ0) is 15.1. The van der Waals surface area contributed by atoms with Gasteiger partial charge in [-0.05, 0) is 12.5 Å². The fraction of sp³-hybridized carbons (Fsp3) is 0.375. The number of unbranched alkanes of at least 4 members (excludes halogenated alkanes) is 1. The Balaban J connectivity index is 2.05. The summed E-state index contributed by atoms with van der Waals surface area (Å²) in [5.41, 5.74) is 0.807. The van der Waals surface area contributed by atoms with E-state index in [1.54, 1.807) is 18.2 Å². The maximum atomic E-state index is 11.3. The van der Waals surface area contributed by atoms with Gasteiger partial charge in [-0.3, -0.25) is 0 Å². The van der Waals surface area contributed by atoms with E-state index >= 15 is 0 Å². The molecule has 0 saturated heterocycles. The average Bonchev–Trinajstić information content (AvgIpc) is 2.49. The summed E-state index contributed by atoms with van der Waals surface area (Å²) in [5.74, 6) is -0.678. The smallest absolute Gasteiger partial charge is 0.336 e. The third-order valence-corrected chi connectivity index (χ3v) is 3.04. The van der Waals surface area contributed by atoms with Crippen LogP contribution in [0, 0.1) is 0 Å². The van der Waals surface area contributed by atoms with Crippen LogP contribution in [0.3, 0.4) is 0 Å². The van der Waals surface area contributed by atoms with Crippen molar-refractivity contribution in [1.29, 1.82) is 0 Å². The van der Waals surface area contributed by atoms with Gasteiger partial charge in [0, 0.05) is 18.1 Å². The van der Waals surface area contributed by atoms with Crippen molar-refractivity contribution in [2.24, 2.45) is 0 Å². The summed E-state index contributed by atoms with van der Waals surface area (Å²) >= 11 is 0. The van der Waals surface area contributed by atoms with Crippen molar-refractivity contribution in [3.05, 3.63) is 35.9 Å². The molecular formula is C16H19NO4. The van der Waals surface area contributed by atoms with Crippen LogP contribution in [-0.4, -0.2) is 35.9 Å². The van der Waals surface area contributed by atoms with Crippen molar-refractivity contribution in [3.63, 3.8) is 0 Å². The standard InChI is InChI=1S/C16H19NO4/c1-2-3-8-20-9-10-21-15-11-13(16(18)19)12-6-4-5-7-14(12)17-15/h4-7,11H,2-3,8-10H2,1H3,(H,18,19). The third-order valence-electron chi connectivity index (χ3n) is 3.04. The molecular weight excluding hydrogens is 270 g/mol. The molecule has 1 heterocycles. The van der Waals surface area contributed by atoms with Gasteiger partial charge in [0.1, 0.15) is 6.61 Å². The second-order valence-electron chi connectivity index (χ2n) is 4.64. The highest BCUT2D eigenvalue weighted by Gasteiger charge is 2.12. The molecule has 0 aliphatic rings. The molecule has 2 rings (SSSR count). The van der Waals surface area contributed by atoms with Gasteiger partial charge in [-0.2, -0.15) is 0 Å². The van der Waals surface area contributed by atoms with E-state index in [9.17, 15) is 9.90 Å². The number of carboxylic acid groups (broad SMARTS) is 1. The van der Waals surface area contributed by atoms with Crippen molar-refractivity contribution < 1.29 is 19.4 Å². The Bertz CT molecular complexity index is 612. The molecule has 0 atom stereocenters. The molecule has 21 heavy (non-hydrogen) atoms. The molecule has 0 amide bonds. The molecule has 0 spiro atoms. The van der Waals surface area contributed by atoms with Crippen LogP contribution in [0.4, 0.5) is 0 Å². The number of pyridine rings is 1. The number of aromatic carboxylic acids is 1. The first-order chi connectivity index (χ1) is 10.2.